The Bertz CT molecular complexity index is 540. The van der Waals surface area contributed by atoms with E-state index >= 15 is 0 Å². The van der Waals surface area contributed by atoms with Gasteiger partial charge in [0, 0.05) is 16.7 Å². The Morgan fingerprint density at radius 2 is 2.00 bits per heavy atom. The van der Waals surface area contributed by atoms with Gasteiger partial charge in [0.2, 0.25) is 5.88 Å². The lowest BCUT2D eigenvalue weighted by atomic mass is 10.1. The monoisotopic (exact) mass is 274 g/mol. The number of aryl methyl sites for hydroxylation is 1. The Morgan fingerprint density at radius 3 is 2.58 bits per heavy atom. The highest BCUT2D eigenvalue weighted by atomic mass is 32.2. The zero-order valence-corrected chi connectivity index (χ0v) is 12.0. The molecule has 0 saturated carbocycles. The Kier molecular flexibility index (Phi) is 4.82. The van der Waals surface area contributed by atoms with Gasteiger partial charge >= 0.3 is 0 Å². The summed E-state index contributed by atoms with van der Waals surface area (Å²) >= 11 is 1.71. The first-order valence-corrected chi connectivity index (χ1v) is 7.43. The number of nitrogens with two attached hydrogens (primary N) is 1. The van der Waals surface area contributed by atoms with Crippen LogP contribution in [0.4, 0.5) is 0 Å². The minimum absolute atomic E-state index is 0.636. The summed E-state index contributed by atoms with van der Waals surface area (Å²) in [6.07, 6.45) is 4.72. The quantitative estimate of drug-likeness (QED) is 0.849. The molecule has 19 heavy (non-hydrogen) atoms. The second kappa shape index (κ2) is 6.59. The van der Waals surface area contributed by atoms with E-state index in [0.717, 1.165) is 23.3 Å². The van der Waals surface area contributed by atoms with E-state index in [0.29, 0.717) is 12.4 Å². The third-order valence-corrected chi connectivity index (χ3v) is 3.54. The maximum absolute atomic E-state index is 5.79. The molecule has 0 aliphatic heterocycles. The van der Waals surface area contributed by atoms with Crippen LogP contribution in [0.1, 0.15) is 11.1 Å². The lowest BCUT2D eigenvalue weighted by Gasteiger charge is -2.09. The van der Waals surface area contributed by atoms with Gasteiger partial charge in [-0.3, -0.25) is 0 Å². The van der Waals surface area contributed by atoms with Crippen LogP contribution in [0.3, 0.4) is 0 Å². The first-order valence-electron chi connectivity index (χ1n) is 6.20. The number of rotatable bonds is 5. The van der Waals surface area contributed by atoms with E-state index in [2.05, 4.69) is 17.3 Å². The van der Waals surface area contributed by atoms with Crippen molar-refractivity contribution in [3.63, 3.8) is 0 Å². The summed E-state index contributed by atoms with van der Waals surface area (Å²) in [5.41, 5.74) is 7.71. The molecule has 1 heterocycles. The molecule has 100 valence electrons. The van der Waals surface area contributed by atoms with Crippen molar-refractivity contribution in [1.29, 1.82) is 0 Å². The molecule has 2 aromatic rings. The molecular weight excluding hydrogens is 256 g/mol. The standard InChI is InChI=1S/C15H18N2OS/c1-11-9-12(7-8-16)10-17-15(11)18-13-3-5-14(19-2)6-4-13/h3-6,9-10H,7-8,16H2,1-2H3. The average Bonchev–Trinajstić information content (AvgIpc) is 2.43. The van der Waals surface area contributed by atoms with E-state index in [-0.39, 0.29) is 0 Å². The van der Waals surface area contributed by atoms with Gasteiger partial charge in [-0.25, -0.2) is 4.98 Å². The first-order chi connectivity index (χ1) is 9.22. The second-order valence-electron chi connectivity index (χ2n) is 4.28. The van der Waals surface area contributed by atoms with E-state index in [1.54, 1.807) is 11.8 Å². The predicted octanol–water partition coefficient (Wildman–Crippen LogP) is 3.41. The van der Waals surface area contributed by atoms with Crippen molar-refractivity contribution >= 4 is 11.8 Å². The summed E-state index contributed by atoms with van der Waals surface area (Å²) in [4.78, 5) is 5.57. The highest BCUT2D eigenvalue weighted by molar-refractivity contribution is 7.98. The van der Waals surface area contributed by atoms with Gasteiger partial charge in [0.25, 0.3) is 0 Å². The Morgan fingerprint density at radius 1 is 1.26 bits per heavy atom. The number of aromatic nitrogens is 1. The van der Waals surface area contributed by atoms with Crippen molar-refractivity contribution in [3.05, 3.63) is 47.7 Å². The van der Waals surface area contributed by atoms with Gasteiger partial charge in [0.05, 0.1) is 0 Å². The predicted molar refractivity (Wildman–Crippen MR) is 80.0 cm³/mol. The molecular formula is C15H18N2OS. The van der Waals surface area contributed by atoms with Crippen LogP contribution in [0.5, 0.6) is 11.6 Å². The molecule has 3 nitrogen and oxygen atoms in total. The van der Waals surface area contributed by atoms with Crippen LogP contribution in [0, 0.1) is 6.92 Å². The van der Waals surface area contributed by atoms with Gasteiger partial charge in [-0.2, -0.15) is 0 Å². The molecule has 0 spiro atoms. The van der Waals surface area contributed by atoms with Crippen LogP contribution >= 0.6 is 11.8 Å². The Balaban J connectivity index is 2.13. The highest BCUT2D eigenvalue weighted by Gasteiger charge is 2.04. The van der Waals surface area contributed by atoms with Gasteiger partial charge in [-0.1, -0.05) is 0 Å². The number of hydrogen-bond acceptors (Lipinski definition) is 4. The highest BCUT2D eigenvalue weighted by Crippen LogP contribution is 2.25. The van der Waals surface area contributed by atoms with Crippen LogP contribution in [0.2, 0.25) is 0 Å². The molecule has 0 saturated heterocycles. The van der Waals surface area contributed by atoms with Gasteiger partial charge in [0.1, 0.15) is 5.75 Å². The van der Waals surface area contributed by atoms with Crippen LogP contribution in [-0.2, 0) is 6.42 Å². The van der Waals surface area contributed by atoms with Crippen LogP contribution < -0.4 is 10.5 Å². The van der Waals surface area contributed by atoms with Crippen LogP contribution in [-0.4, -0.2) is 17.8 Å². The summed E-state index contributed by atoms with van der Waals surface area (Å²) in [6.45, 7) is 2.64. The van der Waals surface area contributed by atoms with E-state index in [4.69, 9.17) is 10.5 Å². The fourth-order valence-electron chi connectivity index (χ4n) is 1.79. The SMILES string of the molecule is CSc1ccc(Oc2ncc(CCN)cc2C)cc1. The molecule has 0 radical (unpaired) electrons. The van der Waals surface area contributed by atoms with Gasteiger partial charge < -0.3 is 10.5 Å². The molecule has 0 bridgehead atoms. The van der Waals surface area contributed by atoms with Crippen molar-refractivity contribution in [2.45, 2.75) is 18.2 Å². The molecule has 0 aliphatic rings. The fourth-order valence-corrected chi connectivity index (χ4v) is 2.19. The van der Waals surface area contributed by atoms with Crippen molar-refractivity contribution < 1.29 is 4.74 Å². The maximum Gasteiger partial charge on any atom is 0.222 e. The minimum atomic E-state index is 0.636. The van der Waals surface area contributed by atoms with Crippen molar-refractivity contribution in [2.24, 2.45) is 5.73 Å². The smallest absolute Gasteiger partial charge is 0.222 e. The number of ether oxygens (including phenoxy) is 1. The molecule has 2 rings (SSSR count). The lowest BCUT2D eigenvalue weighted by Crippen LogP contribution is -2.03. The molecule has 0 amide bonds. The Labute approximate surface area is 118 Å². The number of hydrogen-bond donors (Lipinski definition) is 1. The molecule has 1 aromatic carbocycles. The largest absolute Gasteiger partial charge is 0.439 e. The maximum atomic E-state index is 5.79. The van der Waals surface area contributed by atoms with Crippen molar-refractivity contribution in [2.75, 3.05) is 12.8 Å². The Hall–Kier alpha value is -1.52. The molecule has 1 aromatic heterocycles. The fraction of sp³-hybridized carbons (Fsp3) is 0.267. The summed E-state index contributed by atoms with van der Waals surface area (Å²) in [5, 5.41) is 0. The molecule has 0 atom stereocenters. The third-order valence-electron chi connectivity index (χ3n) is 2.79. The summed E-state index contributed by atoms with van der Waals surface area (Å²) < 4.78 is 5.79. The summed E-state index contributed by atoms with van der Waals surface area (Å²) in [6, 6.07) is 10.1. The average molecular weight is 274 g/mol. The summed E-state index contributed by atoms with van der Waals surface area (Å²) in [5.74, 6) is 1.46. The third kappa shape index (κ3) is 3.72. The number of nitrogens with zero attached hydrogens (tertiary/aromatic N) is 1. The topological polar surface area (TPSA) is 48.1 Å². The zero-order chi connectivity index (χ0) is 13.7. The van der Waals surface area contributed by atoms with Crippen molar-refractivity contribution in [3.8, 4) is 11.6 Å². The van der Waals surface area contributed by atoms with Gasteiger partial charge in [0.15, 0.2) is 0 Å². The van der Waals surface area contributed by atoms with E-state index < -0.39 is 0 Å². The molecule has 2 N–H and O–H groups in total. The number of pyridine rings is 1. The van der Waals surface area contributed by atoms with E-state index in [1.807, 2.05) is 37.4 Å². The molecule has 0 fully saturated rings. The van der Waals surface area contributed by atoms with Crippen LogP contribution in [0.25, 0.3) is 0 Å². The van der Waals surface area contributed by atoms with Crippen molar-refractivity contribution in [1.82, 2.24) is 4.98 Å². The first kappa shape index (κ1) is 13.9. The zero-order valence-electron chi connectivity index (χ0n) is 11.2. The van der Waals surface area contributed by atoms with E-state index in [9.17, 15) is 0 Å². The minimum Gasteiger partial charge on any atom is -0.439 e. The van der Waals surface area contributed by atoms with Gasteiger partial charge in [-0.05, 0) is 62.0 Å². The van der Waals surface area contributed by atoms with Gasteiger partial charge in [-0.15, -0.1) is 11.8 Å². The normalized spacial score (nSPS) is 10.5. The molecule has 0 aliphatic carbocycles. The second-order valence-corrected chi connectivity index (χ2v) is 5.16. The molecule has 0 unspecified atom stereocenters. The molecule has 4 heteroatoms. The number of thioether (sulfide) groups is 1. The lowest BCUT2D eigenvalue weighted by molar-refractivity contribution is 0.458. The summed E-state index contributed by atoms with van der Waals surface area (Å²) in [7, 11) is 0. The number of benzene rings is 1. The van der Waals surface area contributed by atoms with Crippen LogP contribution in [0.15, 0.2) is 41.4 Å². The van der Waals surface area contributed by atoms with E-state index in [1.165, 1.54) is 4.90 Å².